The van der Waals surface area contributed by atoms with Crippen molar-refractivity contribution >= 4 is 25.5 Å². The lowest BCUT2D eigenvalue weighted by atomic mass is 10.2. The van der Waals surface area contributed by atoms with E-state index in [0.717, 1.165) is 10.5 Å². The van der Waals surface area contributed by atoms with Gasteiger partial charge in [-0.1, -0.05) is 30.3 Å². The van der Waals surface area contributed by atoms with Gasteiger partial charge in [0, 0.05) is 0 Å². The Morgan fingerprint density at radius 3 is 2.60 bits per heavy atom. The SMILES string of the molecule is [SiH3]O[SiH]=Cc1ccccc1. The van der Waals surface area contributed by atoms with Gasteiger partial charge >= 0.3 is 0 Å². The first-order chi connectivity index (χ1) is 4.93. The third-order valence-electron chi connectivity index (χ3n) is 1.20. The van der Waals surface area contributed by atoms with Crippen molar-refractivity contribution in [2.24, 2.45) is 0 Å². The summed E-state index contributed by atoms with van der Waals surface area (Å²) in [5, 5.41) is 0. The molecule has 0 aliphatic heterocycles. The molecule has 0 N–H and O–H groups in total. The first kappa shape index (κ1) is 7.43. The molecule has 0 aromatic heterocycles. The lowest BCUT2D eigenvalue weighted by molar-refractivity contribution is 0.685. The maximum Gasteiger partial charge on any atom is 0.199 e. The molecule has 0 radical (unpaired) electrons. The van der Waals surface area contributed by atoms with Crippen LogP contribution in [0.25, 0.3) is 0 Å². The van der Waals surface area contributed by atoms with Gasteiger partial charge in [0.1, 0.15) is 0 Å². The molecule has 1 aromatic carbocycles. The molecule has 0 aliphatic rings. The molecule has 1 nitrogen and oxygen atoms in total. The summed E-state index contributed by atoms with van der Waals surface area (Å²) in [4.78, 5) is 0. The monoisotopic (exact) mass is 166 g/mol. The molecule has 0 spiro atoms. The Labute approximate surface area is 66.1 Å². The number of hydrogen-bond acceptors (Lipinski definition) is 1. The summed E-state index contributed by atoms with van der Waals surface area (Å²) in [6.07, 6.45) is 0. The van der Waals surface area contributed by atoms with Gasteiger partial charge in [0.05, 0.1) is 0 Å². The second kappa shape index (κ2) is 4.19. The largest absolute Gasteiger partial charge is 0.614 e. The fraction of sp³-hybridized carbons (Fsp3) is 0. The number of hydrogen-bond donors (Lipinski definition) is 0. The van der Waals surface area contributed by atoms with E-state index < -0.39 is 0 Å². The van der Waals surface area contributed by atoms with Crippen LogP contribution in [-0.4, -0.2) is 25.5 Å². The highest BCUT2D eigenvalue weighted by molar-refractivity contribution is 6.48. The van der Waals surface area contributed by atoms with Crippen molar-refractivity contribution in [2.45, 2.75) is 0 Å². The highest BCUT2D eigenvalue weighted by Gasteiger charge is 1.79. The van der Waals surface area contributed by atoms with Gasteiger partial charge < -0.3 is 4.12 Å². The van der Waals surface area contributed by atoms with E-state index in [1.54, 1.807) is 0 Å². The van der Waals surface area contributed by atoms with Crippen LogP contribution < -0.4 is 0 Å². The molecule has 0 fully saturated rings. The van der Waals surface area contributed by atoms with Crippen molar-refractivity contribution in [3.63, 3.8) is 0 Å². The quantitative estimate of drug-likeness (QED) is 0.538. The van der Waals surface area contributed by atoms with Crippen LogP contribution in [0.1, 0.15) is 5.56 Å². The highest BCUT2D eigenvalue weighted by Crippen LogP contribution is 1.91. The lowest BCUT2D eigenvalue weighted by Crippen LogP contribution is -1.89. The van der Waals surface area contributed by atoms with Gasteiger partial charge in [-0.2, -0.15) is 0 Å². The summed E-state index contributed by atoms with van der Waals surface area (Å²) in [6, 6.07) is 10.3. The second-order valence-corrected chi connectivity index (χ2v) is 4.44. The van der Waals surface area contributed by atoms with Crippen LogP contribution in [0.15, 0.2) is 30.3 Å². The summed E-state index contributed by atoms with van der Waals surface area (Å²) >= 11 is 0. The van der Waals surface area contributed by atoms with Gasteiger partial charge in [0.25, 0.3) is 0 Å². The lowest BCUT2D eigenvalue weighted by Gasteiger charge is -1.89. The van der Waals surface area contributed by atoms with Crippen molar-refractivity contribution in [1.29, 1.82) is 0 Å². The summed E-state index contributed by atoms with van der Waals surface area (Å²) in [7, 11) is 0.950. The molecule has 0 heterocycles. The molecule has 0 unspecified atom stereocenters. The zero-order valence-electron chi connectivity index (χ0n) is 5.95. The predicted octanol–water partition coefficient (Wildman–Crippen LogP) is -0.515. The van der Waals surface area contributed by atoms with E-state index >= 15 is 0 Å². The maximum atomic E-state index is 5.11. The molecule has 0 bridgehead atoms. The van der Waals surface area contributed by atoms with Crippen molar-refractivity contribution in [2.75, 3.05) is 0 Å². The smallest absolute Gasteiger partial charge is 0.199 e. The molecule has 3 heteroatoms. The Morgan fingerprint density at radius 1 is 1.30 bits per heavy atom. The van der Waals surface area contributed by atoms with Crippen LogP contribution in [0.2, 0.25) is 0 Å². The Morgan fingerprint density at radius 2 is 2.00 bits per heavy atom. The zero-order valence-corrected chi connectivity index (χ0v) is 9.10. The predicted molar refractivity (Wildman–Crippen MR) is 49.8 cm³/mol. The first-order valence-corrected chi connectivity index (χ1v) is 5.13. The van der Waals surface area contributed by atoms with Crippen molar-refractivity contribution in [3.8, 4) is 0 Å². The number of benzene rings is 1. The minimum Gasteiger partial charge on any atom is -0.614 e. The summed E-state index contributed by atoms with van der Waals surface area (Å²) in [5.41, 5.74) is 3.43. The third-order valence-corrected chi connectivity index (χ3v) is 2.81. The molecule has 1 aromatic rings. The van der Waals surface area contributed by atoms with Gasteiger partial charge in [-0.05, 0) is 11.2 Å². The minimum absolute atomic E-state index is 0.0946. The second-order valence-electron chi connectivity index (χ2n) is 1.95. The molecule has 0 amide bonds. The zero-order chi connectivity index (χ0) is 7.23. The fourth-order valence-corrected chi connectivity index (χ4v) is 1.63. The molecule has 0 aliphatic carbocycles. The van der Waals surface area contributed by atoms with Crippen LogP contribution in [0.4, 0.5) is 0 Å². The molecule has 52 valence electrons. The molecule has 10 heavy (non-hydrogen) atoms. The Hall–Kier alpha value is -0.676. The maximum absolute atomic E-state index is 5.11. The van der Waals surface area contributed by atoms with E-state index in [1.165, 1.54) is 5.56 Å². The van der Waals surface area contributed by atoms with Gasteiger partial charge in [0.2, 0.25) is 0 Å². The van der Waals surface area contributed by atoms with E-state index in [9.17, 15) is 0 Å². The molecule has 0 saturated carbocycles. The van der Waals surface area contributed by atoms with Gasteiger partial charge in [-0.3, -0.25) is 0 Å². The van der Waals surface area contributed by atoms with Crippen LogP contribution >= 0.6 is 0 Å². The van der Waals surface area contributed by atoms with Crippen LogP contribution in [0.5, 0.6) is 0 Å². The van der Waals surface area contributed by atoms with E-state index in [1.807, 2.05) is 18.2 Å². The average molecular weight is 166 g/mol. The van der Waals surface area contributed by atoms with E-state index in [2.05, 4.69) is 17.8 Å². The standard InChI is InChI=1S/C7H10OSi2/c9-8-10-6-7-4-2-1-3-5-7/h1-6,10H,9H3. The molecular weight excluding hydrogens is 156 g/mol. The summed E-state index contributed by atoms with van der Waals surface area (Å²) < 4.78 is 5.11. The number of rotatable bonds is 2. The molecular formula is C7H10OSi2. The highest BCUT2D eigenvalue weighted by atomic mass is 28.3. The summed E-state index contributed by atoms with van der Waals surface area (Å²) in [6.45, 7) is 0. The van der Waals surface area contributed by atoms with Crippen LogP contribution in [0.3, 0.4) is 0 Å². The fourth-order valence-electron chi connectivity index (χ4n) is 0.711. The Bertz CT molecular complexity index is 208. The average Bonchev–Trinajstić information content (AvgIpc) is 2.03. The van der Waals surface area contributed by atoms with Crippen molar-refractivity contribution in [3.05, 3.63) is 35.9 Å². The van der Waals surface area contributed by atoms with Crippen molar-refractivity contribution < 1.29 is 4.12 Å². The van der Waals surface area contributed by atoms with Gasteiger partial charge in [-0.25, -0.2) is 0 Å². The summed E-state index contributed by atoms with van der Waals surface area (Å²) in [5.74, 6) is 0. The molecule has 0 saturated heterocycles. The van der Waals surface area contributed by atoms with Gasteiger partial charge in [-0.15, -0.1) is 0 Å². The van der Waals surface area contributed by atoms with Gasteiger partial charge in [0.15, 0.2) is 19.9 Å². The topological polar surface area (TPSA) is 9.23 Å². The minimum atomic E-state index is 0.0946. The van der Waals surface area contributed by atoms with E-state index in [-0.39, 0.29) is 9.38 Å². The van der Waals surface area contributed by atoms with Crippen LogP contribution in [-0.2, 0) is 4.12 Å². The Kier molecular flexibility index (Phi) is 3.11. The first-order valence-electron chi connectivity index (χ1n) is 3.18. The van der Waals surface area contributed by atoms with Crippen molar-refractivity contribution in [1.82, 2.24) is 0 Å². The molecule has 0 atom stereocenters. The van der Waals surface area contributed by atoms with E-state index in [4.69, 9.17) is 4.12 Å². The van der Waals surface area contributed by atoms with Crippen LogP contribution in [0, 0.1) is 0 Å². The third kappa shape index (κ3) is 2.28. The molecule has 1 rings (SSSR count). The van der Waals surface area contributed by atoms with E-state index in [0.29, 0.717) is 0 Å². The Balaban J connectivity index is 2.67. The normalized spacial score (nSPS) is 10.4.